The van der Waals surface area contributed by atoms with Crippen LogP contribution in [-0.4, -0.2) is 45.7 Å². The molecule has 0 unspecified atom stereocenters. The van der Waals surface area contributed by atoms with E-state index in [0.717, 1.165) is 29.8 Å². The Morgan fingerprint density at radius 2 is 2.00 bits per heavy atom. The number of pyridine rings is 1. The van der Waals surface area contributed by atoms with E-state index < -0.39 is 11.2 Å². The molecule has 0 radical (unpaired) electrons. The van der Waals surface area contributed by atoms with Crippen molar-refractivity contribution in [1.82, 2.24) is 10.2 Å². The first-order valence-electron chi connectivity index (χ1n) is 12.0. The number of thiophene rings is 1. The molecular weight excluding hydrogens is 486 g/mol. The average molecular weight is 519 g/mol. The molecule has 2 amide bonds. The summed E-state index contributed by atoms with van der Waals surface area (Å²) in [4.78, 5) is 33.0. The van der Waals surface area contributed by atoms with Gasteiger partial charge in [-0.15, -0.1) is 11.3 Å². The summed E-state index contributed by atoms with van der Waals surface area (Å²) < 4.78 is 21.5. The van der Waals surface area contributed by atoms with Crippen LogP contribution in [0.15, 0.2) is 29.3 Å². The van der Waals surface area contributed by atoms with E-state index in [2.05, 4.69) is 10.3 Å². The van der Waals surface area contributed by atoms with Gasteiger partial charge in [0, 0.05) is 42.5 Å². The lowest BCUT2D eigenvalue weighted by Crippen LogP contribution is -2.51. The zero-order chi connectivity index (χ0) is 24.8. The lowest BCUT2D eigenvalue weighted by atomic mass is 9.83. The summed E-state index contributed by atoms with van der Waals surface area (Å²) in [7, 11) is 0. The number of fused-ring (bicyclic) bond motifs is 2. The van der Waals surface area contributed by atoms with Gasteiger partial charge in [-0.2, -0.15) is 0 Å². The summed E-state index contributed by atoms with van der Waals surface area (Å²) in [5.74, 6) is -0.107. The highest BCUT2D eigenvalue weighted by molar-refractivity contribution is 7.93. The topological polar surface area (TPSA) is 102 Å². The number of hydrogen-bond acceptors (Lipinski definition) is 7. The zero-order valence-electron chi connectivity index (χ0n) is 20.3. The van der Waals surface area contributed by atoms with Crippen molar-refractivity contribution in [1.29, 1.82) is 0 Å². The van der Waals surface area contributed by atoms with Crippen molar-refractivity contribution < 1.29 is 28.6 Å². The molecule has 1 aliphatic carbocycles. The van der Waals surface area contributed by atoms with Crippen LogP contribution >= 0.6 is 23.4 Å². The summed E-state index contributed by atoms with van der Waals surface area (Å²) >= 11 is 2.20. The molecule has 188 valence electrons. The zero-order valence-corrected chi connectivity index (χ0v) is 21.9. The average Bonchev–Trinajstić information content (AvgIpc) is 3.40. The monoisotopic (exact) mass is 518 g/mol. The minimum absolute atomic E-state index is 0.107. The molecule has 8 nitrogen and oxygen atoms in total. The van der Waals surface area contributed by atoms with Crippen molar-refractivity contribution in [3.05, 3.63) is 45.4 Å². The van der Waals surface area contributed by atoms with Crippen LogP contribution in [0, 0.1) is 0 Å². The molecule has 0 bridgehead atoms. The molecule has 3 aliphatic rings. The quantitative estimate of drug-likeness (QED) is 0.582. The Morgan fingerprint density at radius 3 is 2.60 bits per heavy atom. The maximum atomic E-state index is 13.0. The Bertz CT molecular complexity index is 1110. The number of nitrogens with one attached hydrogen (secondary N) is 2. The van der Waals surface area contributed by atoms with Gasteiger partial charge in [0.15, 0.2) is 11.9 Å². The molecule has 0 atom stereocenters. The van der Waals surface area contributed by atoms with Crippen molar-refractivity contribution in [3.8, 4) is 0 Å². The van der Waals surface area contributed by atoms with Crippen LogP contribution in [0.4, 0.5) is 4.79 Å². The smallest absolute Gasteiger partial charge is 0.410 e. The number of rotatable bonds is 4. The highest BCUT2D eigenvalue weighted by atomic mass is 32.2. The van der Waals surface area contributed by atoms with Crippen LogP contribution < -0.4 is 10.3 Å². The van der Waals surface area contributed by atoms with E-state index >= 15 is 0 Å². The fraction of sp³-hybridized carbons (Fsp3) is 0.560. The van der Waals surface area contributed by atoms with E-state index in [1.807, 2.05) is 32.9 Å². The van der Waals surface area contributed by atoms with Crippen LogP contribution in [0.2, 0.25) is 0 Å². The maximum absolute atomic E-state index is 13.0. The Balaban J connectivity index is 1.30. The molecule has 35 heavy (non-hydrogen) atoms. The number of nitrogens with zero attached hydrogens (tertiary/aromatic N) is 1. The molecule has 2 aliphatic heterocycles. The van der Waals surface area contributed by atoms with Crippen LogP contribution in [0.25, 0.3) is 0 Å². The second-order valence-corrected chi connectivity index (χ2v) is 12.4. The van der Waals surface area contributed by atoms with E-state index in [4.69, 9.17) is 14.0 Å². The molecule has 3 N–H and O–H groups in total. The first kappa shape index (κ1) is 24.5. The Labute approximate surface area is 213 Å². The maximum Gasteiger partial charge on any atom is 0.410 e. The summed E-state index contributed by atoms with van der Waals surface area (Å²) in [5, 5.41) is 2.99. The number of amides is 2. The molecule has 0 aromatic carbocycles. The second-order valence-electron chi connectivity index (χ2n) is 10.7. The van der Waals surface area contributed by atoms with Crippen molar-refractivity contribution in [2.75, 3.05) is 13.1 Å². The number of aromatic amines is 1. The van der Waals surface area contributed by atoms with Gasteiger partial charge in [0.2, 0.25) is 0 Å². The van der Waals surface area contributed by atoms with Crippen LogP contribution in [0.3, 0.4) is 0 Å². The third-order valence-electron chi connectivity index (χ3n) is 6.79. The van der Waals surface area contributed by atoms with Gasteiger partial charge in [-0.05, 0) is 64.2 Å². The predicted octanol–water partition coefficient (Wildman–Crippen LogP) is 4.39. The van der Waals surface area contributed by atoms with Gasteiger partial charge in [-0.1, -0.05) is 0 Å². The normalized spacial score (nSPS) is 19.9. The molecule has 4 heterocycles. The molecule has 2 fully saturated rings. The first-order chi connectivity index (χ1) is 16.6. The van der Waals surface area contributed by atoms with Crippen molar-refractivity contribution in [2.45, 2.75) is 81.1 Å². The van der Waals surface area contributed by atoms with E-state index in [1.54, 1.807) is 17.2 Å². The number of hydrogen-bond donors (Lipinski definition) is 2. The number of likely N-dealkylation sites (tertiary alicyclic amines) is 1. The predicted molar refractivity (Wildman–Crippen MR) is 132 cm³/mol. The van der Waals surface area contributed by atoms with Gasteiger partial charge in [0.25, 0.3) is 5.91 Å². The number of H-pyrrole nitrogens is 1. The van der Waals surface area contributed by atoms with Gasteiger partial charge in [0.05, 0.1) is 15.4 Å². The molecule has 10 heteroatoms. The van der Waals surface area contributed by atoms with Gasteiger partial charge >= 0.3 is 6.09 Å². The van der Waals surface area contributed by atoms with E-state index in [-0.39, 0.29) is 17.6 Å². The molecule has 1 saturated heterocycles. The fourth-order valence-electron chi connectivity index (χ4n) is 4.90. The first-order valence-corrected chi connectivity index (χ1v) is 13.6. The van der Waals surface area contributed by atoms with Crippen LogP contribution in [0.1, 0.15) is 72.3 Å². The number of ether oxygens (including phenoxy) is 2. The van der Waals surface area contributed by atoms with Crippen LogP contribution in [-0.2, 0) is 28.0 Å². The van der Waals surface area contributed by atoms with Gasteiger partial charge in [-0.25, -0.2) is 9.78 Å². The number of carbonyl (C=O) groups excluding carboxylic acids is 2. The Hall–Kier alpha value is -2.14. The fourth-order valence-corrected chi connectivity index (χ4v) is 6.42. The third-order valence-corrected chi connectivity index (χ3v) is 8.62. The SMILES string of the molecule is CC(C)(C)OC(=O)N1CCC2(CC1)OC1(CC1)Cc1cc(C(=O)NCc3ccc(SO)c[nH+]3)sc12. The molecular formula is C25H32N3O5S2+. The molecule has 2 aromatic heterocycles. The van der Waals surface area contributed by atoms with Crippen molar-refractivity contribution >= 4 is 35.4 Å². The molecule has 1 saturated carbocycles. The third kappa shape index (κ3) is 5.21. The van der Waals surface area contributed by atoms with Gasteiger partial charge in [0.1, 0.15) is 17.7 Å². The summed E-state index contributed by atoms with van der Waals surface area (Å²) in [6.45, 7) is 7.15. The summed E-state index contributed by atoms with van der Waals surface area (Å²) in [6, 6.07) is 5.68. The molecule has 2 spiro atoms. The largest absolute Gasteiger partial charge is 0.444 e. The Morgan fingerprint density at radius 1 is 1.26 bits per heavy atom. The molecule has 5 rings (SSSR count). The number of aromatic nitrogens is 1. The van der Waals surface area contributed by atoms with Gasteiger partial charge < -0.3 is 24.2 Å². The Kier molecular flexibility index (Phi) is 6.36. The van der Waals surface area contributed by atoms with E-state index in [9.17, 15) is 9.59 Å². The highest BCUT2D eigenvalue weighted by Crippen LogP contribution is 2.57. The standard InChI is InChI=1S/C25H31N3O5S2/c1-23(2,3)32-22(30)28-10-8-25(9-11-28)20-16(13-24(33-25)6-7-24)12-19(34-20)21(29)27-14-17-4-5-18(35-31)15-26-17/h4-5,12,15,31H,6-11,13-14H2,1-3H3,(H,27,29)/p+1. The van der Waals surface area contributed by atoms with Crippen LogP contribution in [0.5, 0.6) is 0 Å². The number of carbonyl (C=O) groups is 2. The van der Waals surface area contributed by atoms with Crippen molar-refractivity contribution in [3.63, 3.8) is 0 Å². The lowest BCUT2D eigenvalue weighted by Gasteiger charge is -2.46. The highest BCUT2D eigenvalue weighted by Gasteiger charge is 2.57. The van der Waals surface area contributed by atoms with Gasteiger partial charge in [-0.3, -0.25) is 4.79 Å². The van der Waals surface area contributed by atoms with E-state index in [0.29, 0.717) is 54.3 Å². The van der Waals surface area contributed by atoms with Crippen molar-refractivity contribution in [2.24, 2.45) is 0 Å². The summed E-state index contributed by atoms with van der Waals surface area (Å²) in [6.07, 6.45) is 5.75. The minimum atomic E-state index is -0.521. The van der Waals surface area contributed by atoms with E-state index in [1.165, 1.54) is 16.9 Å². The summed E-state index contributed by atoms with van der Waals surface area (Å²) in [5.41, 5.74) is 0.982. The minimum Gasteiger partial charge on any atom is -0.444 e. The second kappa shape index (κ2) is 9.06. The number of piperidine rings is 1. The lowest BCUT2D eigenvalue weighted by molar-refractivity contribution is -0.393. The molecule has 2 aromatic rings.